The van der Waals surface area contributed by atoms with E-state index in [1.807, 2.05) is 31.2 Å². The maximum atomic E-state index is 13.5. The number of para-hydroxylation sites is 1. The summed E-state index contributed by atoms with van der Waals surface area (Å²) in [6.07, 6.45) is 0. The van der Waals surface area contributed by atoms with Crippen LogP contribution < -0.4 is 14.4 Å². The Morgan fingerprint density at radius 1 is 0.914 bits per heavy atom. The van der Waals surface area contributed by atoms with Crippen molar-refractivity contribution in [2.45, 2.75) is 13.0 Å². The van der Waals surface area contributed by atoms with E-state index >= 15 is 0 Å². The molecule has 5 rings (SSSR count). The van der Waals surface area contributed by atoms with Gasteiger partial charge in [-0.2, -0.15) is 0 Å². The molecule has 176 valence electrons. The molecule has 1 atom stereocenters. The molecule has 1 fully saturated rings. The van der Waals surface area contributed by atoms with Gasteiger partial charge in [0.1, 0.15) is 17.3 Å². The van der Waals surface area contributed by atoms with Crippen molar-refractivity contribution in [3.8, 4) is 11.5 Å². The van der Waals surface area contributed by atoms with Crippen LogP contribution in [0, 0.1) is 6.92 Å². The minimum absolute atomic E-state index is 0.0203. The van der Waals surface area contributed by atoms with Gasteiger partial charge in [-0.05, 0) is 49.4 Å². The summed E-state index contributed by atoms with van der Waals surface area (Å²) in [4.78, 5) is 31.7. The Bertz CT molecular complexity index is 1480. The number of aromatic amines is 1. The first-order valence-corrected chi connectivity index (χ1v) is 11.1. The Hall–Kier alpha value is -4.52. The normalized spacial score (nSPS) is 17.2. The van der Waals surface area contributed by atoms with Crippen LogP contribution >= 0.6 is 0 Å². The number of methoxy groups -OCH3 is 2. The standard InChI is InChI=1S/C28H24N2O5/c1-16-23(21-9-4-5-10-22(21)29-16)25-24(26(31)17-7-6-8-20(15-17)35-3)27(32)28(33)30(25)18-11-13-19(34-2)14-12-18/h4-15,25,29,31H,1-3H3/b26-24+. The fourth-order valence-electron chi connectivity index (χ4n) is 4.69. The molecule has 0 aliphatic carbocycles. The largest absolute Gasteiger partial charge is 0.507 e. The summed E-state index contributed by atoms with van der Waals surface area (Å²) in [6, 6.07) is 20.6. The summed E-state index contributed by atoms with van der Waals surface area (Å²) in [5.74, 6) is -0.571. The first kappa shape index (κ1) is 22.3. The van der Waals surface area contributed by atoms with Gasteiger partial charge >= 0.3 is 0 Å². The van der Waals surface area contributed by atoms with E-state index in [0.29, 0.717) is 22.7 Å². The highest BCUT2D eigenvalue weighted by molar-refractivity contribution is 6.52. The summed E-state index contributed by atoms with van der Waals surface area (Å²) in [5.41, 5.74) is 3.36. The van der Waals surface area contributed by atoms with E-state index in [-0.39, 0.29) is 11.3 Å². The van der Waals surface area contributed by atoms with Crippen LogP contribution in [0.15, 0.2) is 78.4 Å². The fourth-order valence-corrected chi connectivity index (χ4v) is 4.69. The molecule has 3 aromatic carbocycles. The molecule has 1 aliphatic heterocycles. The van der Waals surface area contributed by atoms with Crippen molar-refractivity contribution in [3.05, 3.63) is 95.2 Å². The van der Waals surface area contributed by atoms with E-state index < -0.39 is 17.7 Å². The zero-order valence-electron chi connectivity index (χ0n) is 19.5. The lowest BCUT2D eigenvalue weighted by Gasteiger charge is -2.26. The number of nitrogens with zero attached hydrogens (tertiary/aromatic N) is 1. The van der Waals surface area contributed by atoms with Crippen molar-refractivity contribution in [1.29, 1.82) is 0 Å². The van der Waals surface area contributed by atoms with Crippen LogP contribution in [0.5, 0.6) is 11.5 Å². The number of benzene rings is 3. The molecule has 2 heterocycles. The van der Waals surface area contributed by atoms with Crippen molar-refractivity contribution in [2.24, 2.45) is 0 Å². The molecule has 0 bridgehead atoms. The third-order valence-corrected chi connectivity index (χ3v) is 6.36. The zero-order valence-corrected chi connectivity index (χ0v) is 19.5. The number of hydrogen-bond acceptors (Lipinski definition) is 5. The van der Waals surface area contributed by atoms with Gasteiger partial charge < -0.3 is 19.6 Å². The number of aromatic nitrogens is 1. The summed E-state index contributed by atoms with van der Waals surface area (Å²) < 4.78 is 10.5. The Morgan fingerprint density at radius 2 is 1.63 bits per heavy atom. The number of carbonyl (C=O) groups is 2. The van der Waals surface area contributed by atoms with Crippen molar-refractivity contribution < 1.29 is 24.2 Å². The summed E-state index contributed by atoms with van der Waals surface area (Å²) >= 11 is 0. The summed E-state index contributed by atoms with van der Waals surface area (Å²) in [6.45, 7) is 1.90. The van der Waals surface area contributed by atoms with Gasteiger partial charge in [0.2, 0.25) is 0 Å². The number of amides is 1. The van der Waals surface area contributed by atoms with Crippen molar-refractivity contribution in [3.63, 3.8) is 0 Å². The molecule has 0 radical (unpaired) electrons. The molecular weight excluding hydrogens is 444 g/mol. The number of fused-ring (bicyclic) bond motifs is 1. The summed E-state index contributed by atoms with van der Waals surface area (Å²) in [7, 11) is 3.09. The lowest BCUT2D eigenvalue weighted by molar-refractivity contribution is -0.132. The topological polar surface area (TPSA) is 91.9 Å². The van der Waals surface area contributed by atoms with Crippen LogP contribution in [-0.2, 0) is 9.59 Å². The molecule has 1 saturated heterocycles. The molecule has 1 aromatic heterocycles. The Morgan fingerprint density at radius 3 is 2.34 bits per heavy atom. The lowest BCUT2D eigenvalue weighted by atomic mass is 9.93. The van der Waals surface area contributed by atoms with Gasteiger partial charge in [-0.25, -0.2) is 0 Å². The van der Waals surface area contributed by atoms with E-state index in [4.69, 9.17) is 9.47 Å². The summed E-state index contributed by atoms with van der Waals surface area (Å²) in [5, 5.41) is 12.3. The van der Waals surface area contributed by atoms with E-state index in [9.17, 15) is 14.7 Å². The molecule has 1 aliphatic rings. The van der Waals surface area contributed by atoms with E-state index in [0.717, 1.165) is 22.2 Å². The molecular formula is C28H24N2O5. The monoisotopic (exact) mass is 468 g/mol. The van der Waals surface area contributed by atoms with Gasteiger partial charge in [0.15, 0.2) is 0 Å². The second kappa shape index (κ2) is 8.68. The van der Waals surface area contributed by atoms with Gasteiger partial charge in [0.05, 0.1) is 25.8 Å². The van der Waals surface area contributed by atoms with Crippen LogP contribution in [-0.4, -0.2) is 36.0 Å². The molecule has 0 saturated carbocycles. The predicted octanol–water partition coefficient (Wildman–Crippen LogP) is 5.12. The van der Waals surface area contributed by atoms with Gasteiger partial charge in [-0.1, -0.05) is 30.3 Å². The first-order chi connectivity index (χ1) is 16.9. The molecule has 35 heavy (non-hydrogen) atoms. The van der Waals surface area contributed by atoms with E-state index in [1.165, 1.54) is 12.0 Å². The minimum Gasteiger partial charge on any atom is -0.507 e. The second-order valence-corrected chi connectivity index (χ2v) is 8.31. The number of carbonyl (C=O) groups excluding carboxylic acids is 2. The van der Waals surface area contributed by atoms with Gasteiger partial charge in [0, 0.05) is 33.4 Å². The molecule has 7 heteroatoms. The Balaban J connectivity index is 1.79. The number of aliphatic hydroxyl groups excluding tert-OH is 1. The number of ether oxygens (including phenoxy) is 2. The Labute approximate surface area is 202 Å². The molecule has 4 aromatic rings. The third-order valence-electron chi connectivity index (χ3n) is 6.36. The van der Waals surface area contributed by atoms with Gasteiger partial charge in [-0.3, -0.25) is 14.5 Å². The van der Waals surface area contributed by atoms with E-state index in [2.05, 4.69) is 4.98 Å². The van der Waals surface area contributed by atoms with Crippen LogP contribution in [0.2, 0.25) is 0 Å². The van der Waals surface area contributed by atoms with Crippen molar-refractivity contribution in [2.75, 3.05) is 19.1 Å². The number of anilines is 1. The van der Waals surface area contributed by atoms with Crippen LogP contribution in [0.25, 0.3) is 16.7 Å². The number of hydrogen-bond donors (Lipinski definition) is 2. The number of rotatable bonds is 5. The number of H-pyrrole nitrogens is 1. The first-order valence-electron chi connectivity index (χ1n) is 11.1. The zero-order chi connectivity index (χ0) is 24.7. The predicted molar refractivity (Wildman–Crippen MR) is 134 cm³/mol. The maximum absolute atomic E-state index is 13.5. The highest BCUT2D eigenvalue weighted by Gasteiger charge is 2.48. The van der Waals surface area contributed by atoms with Gasteiger partial charge in [0.25, 0.3) is 11.7 Å². The Kier molecular flexibility index (Phi) is 5.53. The average molecular weight is 469 g/mol. The quantitative estimate of drug-likeness (QED) is 0.241. The van der Waals surface area contributed by atoms with E-state index in [1.54, 1.807) is 55.6 Å². The number of ketones is 1. The number of aryl methyl sites for hydroxylation is 1. The second-order valence-electron chi connectivity index (χ2n) is 8.31. The highest BCUT2D eigenvalue weighted by atomic mass is 16.5. The smallest absolute Gasteiger partial charge is 0.300 e. The SMILES string of the molecule is COc1ccc(N2C(=O)C(=O)/C(=C(/O)c3cccc(OC)c3)C2c2c(C)[nH]c3ccccc23)cc1. The van der Waals surface area contributed by atoms with Crippen molar-refractivity contribution in [1.82, 2.24) is 4.98 Å². The number of aliphatic hydroxyl groups is 1. The fraction of sp³-hybridized carbons (Fsp3) is 0.143. The maximum Gasteiger partial charge on any atom is 0.300 e. The third kappa shape index (κ3) is 3.61. The van der Waals surface area contributed by atoms with Gasteiger partial charge in [-0.15, -0.1) is 0 Å². The molecule has 1 unspecified atom stereocenters. The average Bonchev–Trinajstić information content (AvgIpc) is 3.35. The molecule has 0 spiro atoms. The molecule has 7 nitrogen and oxygen atoms in total. The highest BCUT2D eigenvalue weighted by Crippen LogP contribution is 2.45. The van der Waals surface area contributed by atoms with Crippen molar-refractivity contribution >= 4 is 34.0 Å². The number of nitrogens with one attached hydrogen (secondary N) is 1. The molecule has 1 amide bonds. The van der Waals surface area contributed by atoms with Crippen LogP contribution in [0.4, 0.5) is 5.69 Å². The molecule has 2 N–H and O–H groups in total. The van der Waals surface area contributed by atoms with Crippen LogP contribution in [0.3, 0.4) is 0 Å². The lowest BCUT2D eigenvalue weighted by Crippen LogP contribution is -2.29. The number of Topliss-reactive ketones (excluding diaryl/α,β-unsaturated/α-hetero) is 1. The minimum atomic E-state index is -0.842. The van der Waals surface area contributed by atoms with Crippen LogP contribution in [0.1, 0.15) is 22.9 Å².